The van der Waals surface area contributed by atoms with Gasteiger partial charge in [0.1, 0.15) is 11.6 Å². The van der Waals surface area contributed by atoms with Crippen LogP contribution in [0, 0.1) is 25.2 Å². The van der Waals surface area contributed by atoms with Gasteiger partial charge in [-0.25, -0.2) is 4.98 Å². The van der Waals surface area contributed by atoms with Gasteiger partial charge in [-0.05, 0) is 67.9 Å². The highest BCUT2D eigenvalue weighted by molar-refractivity contribution is 6.10. The standard InChI is InChI=1S/C32H22N4/c1-20-11-14-29-25(17-20)23-7-3-5-9-27(23)35(29)31-16-12-21(2)32(34-31)36-28-10-6-4-8-24(28)26-18-22(19-33)13-15-30(26)36/h3-18H,1-2H3. The number of benzene rings is 4. The van der Waals surface area contributed by atoms with E-state index in [4.69, 9.17) is 4.98 Å². The van der Waals surface area contributed by atoms with E-state index in [1.54, 1.807) is 0 Å². The third kappa shape index (κ3) is 2.84. The minimum atomic E-state index is 0.657. The number of fused-ring (bicyclic) bond motifs is 6. The Morgan fingerprint density at radius 3 is 1.97 bits per heavy atom. The summed E-state index contributed by atoms with van der Waals surface area (Å²) in [5.74, 6) is 1.77. The minimum Gasteiger partial charge on any atom is -0.294 e. The van der Waals surface area contributed by atoms with Gasteiger partial charge in [-0.3, -0.25) is 9.13 Å². The van der Waals surface area contributed by atoms with E-state index in [-0.39, 0.29) is 0 Å². The predicted octanol–water partition coefficient (Wildman–Crippen LogP) is 7.76. The Hall–Kier alpha value is -4.88. The summed E-state index contributed by atoms with van der Waals surface area (Å²) >= 11 is 0. The van der Waals surface area contributed by atoms with Crippen LogP contribution in [0.25, 0.3) is 55.2 Å². The SMILES string of the molecule is Cc1ccc2c(c1)c1ccccc1n2-c1ccc(C)c(-n2c3ccccc3c3cc(C#N)ccc32)n1. The van der Waals surface area contributed by atoms with Crippen LogP contribution in [0.2, 0.25) is 0 Å². The van der Waals surface area contributed by atoms with Crippen LogP contribution < -0.4 is 0 Å². The Balaban J connectivity index is 1.57. The first-order valence-electron chi connectivity index (χ1n) is 12.1. The van der Waals surface area contributed by atoms with E-state index in [0.717, 1.165) is 50.0 Å². The van der Waals surface area contributed by atoms with Crippen LogP contribution in [0.4, 0.5) is 0 Å². The van der Waals surface area contributed by atoms with Crippen molar-refractivity contribution in [3.63, 3.8) is 0 Å². The number of pyridine rings is 1. The van der Waals surface area contributed by atoms with Crippen molar-refractivity contribution in [3.8, 4) is 17.7 Å². The molecule has 0 aliphatic rings. The van der Waals surface area contributed by atoms with Crippen molar-refractivity contribution in [2.24, 2.45) is 0 Å². The normalized spacial score (nSPS) is 11.6. The van der Waals surface area contributed by atoms with Crippen molar-refractivity contribution in [1.29, 1.82) is 5.26 Å². The van der Waals surface area contributed by atoms with E-state index >= 15 is 0 Å². The average Bonchev–Trinajstić information content (AvgIpc) is 3.41. The Morgan fingerprint density at radius 1 is 0.611 bits per heavy atom. The van der Waals surface area contributed by atoms with E-state index in [2.05, 4.69) is 102 Å². The lowest BCUT2D eigenvalue weighted by Gasteiger charge is -2.14. The molecule has 7 rings (SSSR count). The topological polar surface area (TPSA) is 46.5 Å². The molecule has 0 radical (unpaired) electrons. The van der Waals surface area contributed by atoms with Crippen molar-refractivity contribution in [2.75, 3.05) is 0 Å². The smallest absolute Gasteiger partial charge is 0.143 e. The van der Waals surface area contributed by atoms with Crippen molar-refractivity contribution >= 4 is 43.6 Å². The zero-order valence-electron chi connectivity index (χ0n) is 20.0. The predicted molar refractivity (Wildman–Crippen MR) is 147 cm³/mol. The van der Waals surface area contributed by atoms with Gasteiger partial charge in [0.25, 0.3) is 0 Å². The molecule has 3 aromatic heterocycles. The molecular formula is C32H22N4. The molecule has 0 saturated heterocycles. The summed E-state index contributed by atoms with van der Waals surface area (Å²) in [5, 5.41) is 14.1. The van der Waals surface area contributed by atoms with Gasteiger partial charge in [0, 0.05) is 21.5 Å². The van der Waals surface area contributed by atoms with Gasteiger partial charge < -0.3 is 0 Å². The number of aryl methyl sites for hydroxylation is 2. The van der Waals surface area contributed by atoms with Gasteiger partial charge in [0.05, 0.1) is 33.7 Å². The van der Waals surface area contributed by atoms with Crippen molar-refractivity contribution in [3.05, 3.63) is 114 Å². The maximum atomic E-state index is 9.50. The molecular weight excluding hydrogens is 440 g/mol. The molecule has 0 spiro atoms. The summed E-state index contributed by atoms with van der Waals surface area (Å²) < 4.78 is 4.48. The summed E-state index contributed by atoms with van der Waals surface area (Å²) in [4.78, 5) is 5.28. The quantitative estimate of drug-likeness (QED) is 0.263. The summed E-state index contributed by atoms with van der Waals surface area (Å²) in [6.07, 6.45) is 0. The zero-order chi connectivity index (χ0) is 24.4. The van der Waals surface area contributed by atoms with E-state index < -0.39 is 0 Å². The second kappa shape index (κ2) is 7.56. The minimum absolute atomic E-state index is 0.657. The summed E-state index contributed by atoms with van der Waals surface area (Å²) in [7, 11) is 0. The van der Waals surface area contributed by atoms with E-state index in [0.29, 0.717) is 5.56 Å². The van der Waals surface area contributed by atoms with Crippen LogP contribution in [-0.4, -0.2) is 14.1 Å². The summed E-state index contributed by atoms with van der Waals surface area (Å²) in [5.41, 5.74) is 7.39. The first-order valence-corrected chi connectivity index (χ1v) is 12.1. The van der Waals surface area contributed by atoms with Gasteiger partial charge in [0.2, 0.25) is 0 Å². The number of hydrogen-bond donors (Lipinski definition) is 0. The highest BCUT2D eigenvalue weighted by atomic mass is 15.1. The molecule has 7 aromatic rings. The third-order valence-electron chi connectivity index (χ3n) is 7.13. The number of nitriles is 1. The Kier molecular flexibility index (Phi) is 4.30. The molecule has 0 fully saturated rings. The van der Waals surface area contributed by atoms with Crippen LogP contribution in [-0.2, 0) is 0 Å². The van der Waals surface area contributed by atoms with Crippen LogP contribution in [0.15, 0.2) is 97.1 Å². The molecule has 0 atom stereocenters. The van der Waals surface area contributed by atoms with Crippen molar-refractivity contribution < 1.29 is 0 Å². The first-order chi connectivity index (χ1) is 17.6. The number of nitrogens with zero attached hydrogens (tertiary/aromatic N) is 4. The molecule has 0 aliphatic heterocycles. The molecule has 0 N–H and O–H groups in total. The van der Waals surface area contributed by atoms with Gasteiger partial charge >= 0.3 is 0 Å². The monoisotopic (exact) mass is 462 g/mol. The van der Waals surface area contributed by atoms with Gasteiger partial charge in [-0.15, -0.1) is 0 Å². The summed E-state index contributed by atoms with van der Waals surface area (Å²) in [6, 6.07) is 35.9. The van der Waals surface area contributed by atoms with Crippen LogP contribution in [0.1, 0.15) is 16.7 Å². The molecule has 0 unspecified atom stereocenters. The fourth-order valence-corrected chi connectivity index (χ4v) is 5.46. The maximum Gasteiger partial charge on any atom is 0.143 e. The van der Waals surface area contributed by atoms with Gasteiger partial charge in [0.15, 0.2) is 0 Å². The Bertz CT molecular complexity index is 2030. The van der Waals surface area contributed by atoms with Crippen LogP contribution >= 0.6 is 0 Å². The van der Waals surface area contributed by atoms with Crippen molar-refractivity contribution in [1.82, 2.24) is 14.1 Å². The third-order valence-corrected chi connectivity index (χ3v) is 7.13. The number of aromatic nitrogens is 3. The maximum absolute atomic E-state index is 9.50. The zero-order valence-corrected chi connectivity index (χ0v) is 20.0. The first kappa shape index (κ1) is 20.5. The largest absolute Gasteiger partial charge is 0.294 e. The lowest BCUT2D eigenvalue weighted by Crippen LogP contribution is -2.05. The Morgan fingerprint density at radius 2 is 1.22 bits per heavy atom. The second-order valence-corrected chi connectivity index (χ2v) is 9.38. The molecule has 4 aromatic carbocycles. The number of hydrogen-bond acceptors (Lipinski definition) is 2. The molecule has 4 nitrogen and oxygen atoms in total. The van der Waals surface area contributed by atoms with E-state index in [1.807, 2.05) is 24.3 Å². The summed E-state index contributed by atoms with van der Waals surface area (Å²) in [6.45, 7) is 4.24. The van der Waals surface area contributed by atoms with Crippen LogP contribution in [0.3, 0.4) is 0 Å². The van der Waals surface area contributed by atoms with Gasteiger partial charge in [-0.2, -0.15) is 5.26 Å². The molecule has 0 saturated carbocycles. The molecule has 4 heteroatoms. The molecule has 0 bridgehead atoms. The average molecular weight is 463 g/mol. The second-order valence-electron chi connectivity index (χ2n) is 9.38. The lowest BCUT2D eigenvalue weighted by atomic mass is 10.1. The molecule has 3 heterocycles. The highest BCUT2D eigenvalue weighted by Crippen LogP contribution is 2.35. The van der Waals surface area contributed by atoms with Crippen molar-refractivity contribution in [2.45, 2.75) is 13.8 Å². The van der Waals surface area contributed by atoms with Gasteiger partial charge in [-0.1, -0.05) is 54.1 Å². The fraction of sp³-hybridized carbons (Fsp3) is 0.0625. The molecule has 0 amide bonds. The molecule has 170 valence electrons. The molecule has 0 aliphatic carbocycles. The molecule has 36 heavy (non-hydrogen) atoms. The van der Waals surface area contributed by atoms with E-state index in [9.17, 15) is 5.26 Å². The van der Waals surface area contributed by atoms with E-state index in [1.165, 1.54) is 16.3 Å². The number of rotatable bonds is 2. The fourth-order valence-electron chi connectivity index (χ4n) is 5.46. The van der Waals surface area contributed by atoms with Crippen LogP contribution in [0.5, 0.6) is 0 Å². The highest BCUT2D eigenvalue weighted by Gasteiger charge is 2.18. The Labute approximate surface area is 208 Å². The number of para-hydroxylation sites is 2. The lowest BCUT2D eigenvalue weighted by molar-refractivity contribution is 0.996.